The summed E-state index contributed by atoms with van der Waals surface area (Å²) >= 11 is 3.52. The van der Waals surface area contributed by atoms with E-state index < -0.39 is 5.54 Å². The molecule has 0 radical (unpaired) electrons. The van der Waals surface area contributed by atoms with Gasteiger partial charge in [0.1, 0.15) is 0 Å². The van der Waals surface area contributed by atoms with Crippen LogP contribution in [0.4, 0.5) is 0 Å². The fraction of sp³-hybridized carbons (Fsp3) is 0.333. The highest BCUT2D eigenvalue weighted by molar-refractivity contribution is 9.10. The molecule has 0 aliphatic carbocycles. The van der Waals surface area contributed by atoms with Crippen LogP contribution in [-0.2, 0) is 15.1 Å². The number of piperazine rings is 1. The number of amides is 2. The average molecular weight is 466 g/mol. The molecule has 30 heavy (non-hydrogen) atoms. The quantitative estimate of drug-likeness (QED) is 0.623. The smallest absolute Gasteiger partial charge is 0.254 e. The Morgan fingerprint density at radius 2 is 1.87 bits per heavy atom. The van der Waals surface area contributed by atoms with Crippen LogP contribution in [-0.4, -0.2) is 46.2 Å². The molecule has 1 fully saturated rings. The van der Waals surface area contributed by atoms with Crippen molar-refractivity contribution in [3.8, 4) is 0 Å². The van der Waals surface area contributed by atoms with Crippen molar-refractivity contribution in [3.63, 3.8) is 0 Å². The van der Waals surface area contributed by atoms with Gasteiger partial charge in [-0.15, -0.1) is 0 Å². The SMILES string of the molecule is CCCN1CC(=O)N2CC(c3ccc(Br)cc3)c3c([nH]c4ccccc34)C2(C)C1=O. The molecular weight excluding hydrogens is 442 g/mol. The predicted octanol–water partition coefficient (Wildman–Crippen LogP) is 4.37. The Balaban J connectivity index is 1.76. The van der Waals surface area contributed by atoms with Crippen molar-refractivity contribution in [1.29, 1.82) is 0 Å². The molecular formula is C24H24BrN3O2. The first-order valence-corrected chi connectivity index (χ1v) is 11.2. The molecule has 3 aromatic rings. The minimum absolute atomic E-state index is 0.00557. The van der Waals surface area contributed by atoms with Gasteiger partial charge in [-0.05, 0) is 42.7 Å². The zero-order valence-electron chi connectivity index (χ0n) is 17.1. The number of para-hydroxylation sites is 1. The second kappa shape index (κ2) is 6.98. The lowest BCUT2D eigenvalue weighted by atomic mass is 9.76. The number of fused-ring (bicyclic) bond motifs is 5. The van der Waals surface area contributed by atoms with Gasteiger partial charge in [-0.3, -0.25) is 9.59 Å². The minimum atomic E-state index is -1.01. The molecule has 2 aromatic carbocycles. The Labute approximate surface area is 184 Å². The second-order valence-corrected chi connectivity index (χ2v) is 9.28. The van der Waals surface area contributed by atoms with E-state index in [1.165, 1.54) is 0 Å². The summed E-state index contributed by atoms with van der Waals surface area (Å²) in [7, 11) is 0. The van der Waals surface area contributed by atoms with Gasteiger partial charge in [0.15, 0.2) is 5.54 Å². The van der Waals surface area contributed by atoms with Crippen molar-refractivity contribution in [2.24, 2.45) is 0 Å². The maximum absolute atomic E-state index is 13.7. The van der Waals surface area contributed by atoms with E-state index in [2.05, 4.69) is 39.1 Å². The van der Waals surface area contributed by atoms with Gasteiger partial charge in [0.2, 0.25) is 5.91 Å². The maximum Gasteiger partial charge on any atom is 0.254 e. The highest BCUT2D eigenvalue weighted by atomic mass is 79.9. The number of rotatable bonds is 3. The van der Waals surface area contributed by atoms with Gasteiger partial charge in [-0.2, -0.15) is 0 Å². The summed E-state index contributed by atoms with van der Waals surface area (Å²) in [5.41, 5.74) is 3.11. The lowest BCUT2D eigenvalue weighted by molar-refractivity contribution is -0.166. The number of aromatic nitrogens is 1. The largest absolute Gasteiger partial charge is 0.356 e. The van der Waals surface area contributed by atoms with Gasteiger partial charge in [-0.25, -0.2) is 0 Å². The fourth-order valence-corrected chi connectivity index (χ4v) is 5.38. The molecule has 0 spiro atoms. The standard InChI is InChI=1S/C24H24BrN3O2/c1-3-12-27-14-20(29)28-13-18(15-8-10-16(25)11-9-15)21-17-6-4-5-7-19(17)26-22(21)24(28,2)23(27)30/h4-11,18,26H,3,12-14H2,1-2H3. The van der Waals surface area contributed by atoms with Crippen molar-refractivity contribution in [3.05, 3.63) is 69.8 Å². The molecule has 1 aromatic heterocycles. The zero-order chi connectivity index (χ0) is 21.0. The Morgan fingerprint density at radius 3 is 2.60 bits per heavy atom. The van der Waals surface area contributed by atoms with Gasteiger partial charge in [-0.1, -0.05) is 53.2 Å². The molecule has 1 saturated heterocycles. The van der Waals surface area contributed by atoms with Crippen LogP contribution in [0.3, 0.4) is 0 Å². The molecule has 5 rings (SSSR count). The van der Waals surface area contributed by atoms with Gasteiger partial charge in [0.05, 0.1) is 12.2 Å². The second-order valence-electron chi connectivity index (χ2n) is 8.37. The molecule has 6 heteroatoms. The average Bonchev–Trinajstić information content (AvgIpc) is 3.14. The number of benzene rings is 2. The number of nitrogens with one attached hydrogen (secondary N) is 1. The van der Waals surface area contributed by atoms with Crippen molar-refractivity contribution < 1.29 is 9.59 Å². The van der Waals surface area contributed by atoms with Gasteiger partial charge >= 0.3 is 0 Å². The van der Waals surface area contributed by atoms with Crippen molar-refractivity contribution >= 4 is 38.6 Å². The normalized spacial score (nSPS) is 23.6. The molecule has 3 heterocycles. The third-order valence-corrected chi connectivity index (χ3v) is 7.11. The van der Waals surface area contributed by atoms with Crippen molar-refractivity contribution in [2.45, 2.75) is 31.7 Å². The molecule has 1 N–H and O–H groups in total. The van der Waals surface area contributed by atoms with E-state index in [0.29, 0.717) is 13.1 Å². The van der Waals surface area contributed by atoms with Crippen LogP contribution in [0.2, 0.25) is 0 Å². The third-order valence-electron chi connectivity index (χ3n) is 6.58. The Kier molecular flexibility index (Phi) is 4.51. The summed E-state index contributed by atoms with van der Waals surface area (Å²) in [4.78, 5) is 33.9. The lowest BCUT2D eigenvalue weighted by Gasteiger charge is -2.51. The number of nitrogens with zero attached hydrogens (tertiary/aromatic N) is 2. The van der Waals surface area contributed by atoms with E-state index in [4.69, 9.17) is 0 Å². The number of carbonyl (C=O) groups is 2. The zero-order valence-corrected chi connectivity index (χ0v) is 18.7. The first kappa shape index (κ1) is 19.4. The highest BCUT2D eigenvalue weighted by Crippen LogP contribution is 2.48. The van der Waals surface area contributed by atoms with Crippen molar-refractivity contribution in [2.75, 3.05) is 19.6 Å². The van der Waals surface area contributed by atoms with E-state index in [1.807, 2.05) is 44.2 Å². The molecule has 0 bridgehead atoms. The Morgan fingerprint density at radius 1 is 1.13 bits per heavy atom. The predicted molar refractivity (Wildman–Crippen MR) is 120 cm³/mol. The first-order valence-electron chi connectivity index (χ1n) is 10.4. The lowest BCUT2D eigenvalue weighted by Crippen LogP contribution is -2.67. The molecule has 2 unspecified atom stereocenters. The molecule has 154 valence electrons. The molecule has 2 atom stereocenters. The summed E-state index contributed by atoms with van der Waals surface area (Å²) in [6.07, 6.45) is 0.830. The summed E-state index contributed by atoms with van der Waals surface area (Å²) in [6.45, 7) is 5.19. The van der Waals surface area contributed by atoms with Gasteiger partial charge < -0.3 is 14.8 Å². The first-order chi connectivity index (χ1) is 14.4. The highest BCUT2D eigenvalue weighted by Gasteiger charge is 2.55. The summed E-state index contributed by atoms with van der Waals surface area (Å²) in [5.74, 6) is 0.0229. The van der Waals surface area contributed by atoms with Gasteiger partial charge in [0, 0.05) is 34.4 Å². The van der Waals surface area contributed by atoms with E-state index in [0.717, 1.165) is 38.6 Å². The number of hydrogen-bond acceptors (Lipinski definition) is 2. The van der Waals surface area contributed by atoms with Crippen LogP contribution in [0, 0.1) is 0 Å². The summed E-state index contributed by atoms with van der Waals surface area (Å²) in [5, 5.41) is 1.12. The fourth-order valence-electron chi connectivity index (χ4n) is 5.12. The topological polar surface area (TPSA) is 56.4 Å². The molecule has 2 aliphatic rings. The maximum atomic E-state index is 13.7. The van der Waals surface area contributed by atoms with Crippen LogP contribution in [0.1, 0.15) is 43.0 Å². The van der Waals surface area contributed by atoms with E-state index in [9.17, 15) is 9.59 Å². The van der Waals surface area contributed by atoms with E-state index in [1.54, 1.807) is 9.80 Å². The number of H-pyrrole nitrogens is 1. The number of carbonyl (C=O) groups excluding carboxylic acids is 2. The summed E-state index contributed by atoms with van der Waals surface area (Å²) in [6, 6.07) is 16.4. The van der Waals surface area contributed by atoms with E-state index >= 15 is 0 Å². The van der Waals surface area contributed by atoms with E-state index in [-0.39, 0.29) is 24.3 Å². The Hall–Kier alpha value is -2.60. The third kappa shape index (κ3) is 2.66. The van der Waals surface area contributed by atoms with Crippen LogP contribution in [0.15, 0.2) is 53.0 Å². The molecule has 2 aliphatic heterocycles. The van der Waals surface area contributed by atoms with Crippen LogP contribution >= 0.6 is 15.9 Å². The monoisotopic (exact) mass is 465 g/mol. The van der Waals surface area contributed by atoms with Crippen LogP contribution < -0.4 is 0 Å². The van der Waals surface area contributed by atoms with Crippen LogP contribution in [0.5, 0.6) is 0 Å². The van der Waals surface area contributed by atoms with Crippen molar-refractivity contribution in [1.82, 2.24) is 14.8 Å². The number of hydrogen-bond donors (Lipinski definition) is 1. The Bertz CT molecular complexity index is 1150. The van der Waals surface area contributed by atoms with Gasteiger partial charge in [0.25, 0.3) is 5.91 Å². The number of aromatic amines is 1. The summed E-state index contributed by atoms with van der Waals surface area (Å²) < 4.78 is 1.02. The number of halogens is 1. The van der Waals surface area contributed by atoms with Crippen LogP contribution in [0.25, 0.3) is 10.9 Å². The molecule has 2 amide bonds. The molecule has 0 saturated carbocycles. The molecule has 5 nitrogen and oxygen atoms in total. The minimum Gasteiger partial charge on any atom is -0.356 e.